The molecule has 3 heterocycles. The zero-order valence-corrected chi connectivity index (χ0v) is 14.1. The molecule has 24 heavy (non-hydrogen) atoms. The molecule has 0 unspecified atom stereocenters. The van der Waals surface area contributed by atoms with E-state index in [2.05, 4.69) is 25.6 Å². The third-order valence-electron chi connectivity index (χ3n) is 3.78. The van der Waals surface area contributed by atoms with Crippen LogP contribution in [0.4, 0.5) is 0 Å². The molecule has 0 aliphatic carbocycles. The molecule has 5 nitrogen and oxygen atoms in total. The molecular weight excluding hydrogens is 318 g/mol. The van der Waals surface area contributed by atoms with E-state index in [1.165, 1.54) is 11.5 Å². The molecule has 0 atom stereocenters. The van der Waals surface area contributed by atoms with Gasteiger partial charge in [-0.25, -0.2) is 4.98 Å². The number of aryl methyl sites for hydroxylation is 2. The number of hydrogen-bond acceptors (Lipinski definition) is 5. The lowest BCUT2D eigenvalue weighted by molar-refractivity contribution is 1.14. The number of H-pyrrole nitrogens is 1. The number of nitrogens with zero attached hydrogens (tertiary/aromatic N) is 4. The Morgan fingerprint density at radius 1 is 0.875 bits per heavy atom. The number of rotatable bonds is 3. The third-order valence-corrected chi connectivity index (χ3v) is 4.29. The highest BCUT2D eigenvalue weighted by Crippen LogP contribution is 2.35. The molecule has 0 aliphatic rings. The molecule has 1 N–H and O–H groups in total. The first-order valence-corrected chi connectivity index (χ1v) is 8.43. The predicted molar refractivity (Wildman–Crippen MR) is 95.6 cm³/mol. The van der Waals surface area contributed by atoms with E-state index in [1.54, 1.807) is 0 Å². The predicted octanol–water partition coefficient (Wildman–Crippen LogP) is 4.27. The van der Waals surface area contributed by atoms with E-state index in [4.69, 9.17) is 4.98 Å². The van der Waals surface area contributed by atoms with Gasteiger partial charge in [-0.2, -0.15) is 0 Å². The van der Waals surface area contributed by atoms with Crippen molar-refractivity contribution in [2.75, 3.05) is 0 Å². The first-order valence-electron chi connectivity index (χ1n) is 7.60. The van der Waals surface area contributed by atoms with Crippen molar-refractivity contribution in [2.45, 2.75) is 13.8 Å². The van der Waals surface area contributed by atoms with Crippen molar-refractivity contribution in [3.63, 3.8) is 0 Å². The fourth-order valence-corrected chi connectivity index (χ4v) is 3.21. The van der Waals surface area contributed by atoms with Gasteiger partial charge in [0.25, 0.3) is 0 Å². The van der Waals surface area contributed by atoms with Gasteiger partial charge in [0.15, 0.2) is 0 Å². The largest absolute Gasteiger partial charge is 0.340 e. The second-order valence-corrected chi connectivity index (χ2v) is 6.16. The fraction of sp³-hybridized carbons (Fsp3) is 0.111. The highest BCUT2D eigenvalue weighted by molar-refractivity contribution is 7.03. The number of imidazole rings is 1. The van der Waals surface area contributed by atoms with Crippen LogP contribution in [0.5, 0.6) is 0 Å². The molecule has 0 aliphatic heterocycles. The molecule has 0 saturated heterocycles. The maximum Gasteiger partial charge on any atom is 0.106 e. The van der Waals surface area contributed by atoms with E-state index in [1.807, 2.05) is 55.6 Å². The van der Waals surface area contributed by atoms with Crippen molar-refractivity contribution in [1.29, 1.82) is 0 Å². The van der Waals surface area contributed by atoms with E-state index < -0.39 is 0 Å². The summed E-state index contributed by atoms with van der Waals surface area (Å²) in [5.41, 5.74) is 6.57. The molecule has 0 bridgehead atoms. The summed E-state index contributed by atoms with van der Waals surface area (Å²) in [7, 11) is 0. The molecule has 1 aromatic carbocycles. The number of hydrogen-bond donors (Lipinski definition) is 1. The number of pyridine rings is 1. The standard InChI is InChI=1S/C18H15N5S/c1-11-6-5-9-15(19-11)18-17(20-12(2)21-18)14-8-4-3-7-13(14)16-10-24-23-22-16/h3-10H,1-2H3,(H,20,21). The van der Waals surface area contributed by atoms with Gasteiger partial charge in [0, 0.05) is 22.2 Å². The Labute approximate surface area is 143 Å². The van der Waals surface area contributed by atoms with E-state index in [0.29, 0.717) is 0 Å². The summed E-state index contributed by atoms with van der Waals surface area (Å²) in [4.78, 5) is 12.7. The number of benzene rings is 1. The van der Waals surface area contributed by atoms with Crippen LogP contribution < -0.4 is 0 Å². The smallest absolute Gasteiger partial charge is 0.106 e. The molecule has 118 valence electrons. The van der Waals surface area contributed by atoms with Crippen molar-refractivity contribution in [3.8, 4) is 33.9 Å². The second-order valence-electron chi connectivity index (χ2n) is 5.55. The van der Waals surface area contributed by atoms with E-state index >= 15 is 0 Å². The molecular formula is C18H15N5S. The molecule has 0 fully saturated rings. The fourth-order valence-electron chi connectivity index (χ4n) is 2.75. The Bertz CT molecular complexity index is 988. The van der Waals surface area contributed by atoms with Crippen LogP contribution in [0.2, 0.25) is 0 Å². The quantitative estimate of drug-likeness (QED) is 0.608. The zero-order valence-electron chi connectivity index (χ0n) is 13.3. The summed E-state index contributed by atoms with van der Waals surface area (Å²) < 4.78 is 3.98. The van der Waals surface area contributed by atoms with Crippen molar-refractivity contribution < 1.29 is 0 Å². The first-order chi connectivity index (χ1) is 11.7. The Balaban J connectivity index is 1.93. The van der Waals surface area contributed by atoms with Gasteiger partial charge < -0.3 is 4.98 Å². The summed E-state index contributed by atoms with van der Waals surface area (Å²) in [5, 5.41) is 6.16. The van der Waals surface area contributed by atoms with Crippen molar-refractivity contribution in [3.05, 3.63) is 59.4 Å². The van der Waals surface area contributed by atoms with E-state index in [0.717, 1.165) is 45.4 Å². The first kappa shape index (κ1) is 14.7. The van der Waals surface area contributed by atoms with Gasteiger partial charge in [0.2, 0.25) is 0 Å². The third kappa shape index (κ3) is 2.61. The van der Waals surface area contributed by atoms with Gasteiger partial charge in [-0.1, -0.05) is 34.8 Å². The normalized spacial score (nSPS) is 10.9. The van der Waals surface area contributed by atoms with Gasteiger partial charge in [-0.05, 0) is 37.5 Å². The number of aromatic nitrogens is 5. The SMILES string of the molecule is Cc1cccc(-c2[nH]c(C)nc2-c2ccccc2-c2csnn2)n1. The van der Waals surface area contributed by atoms with Gasteiger partial charge >= 0.3 is 0 Å². The van der Waals surface area contributed by atoms with Crippen LogP contribution in [0.3, 0.4) is 0 Å². The maximum atomic E-state index is 4.72. The molecule has 0 amide bonds. The summed E-state index contributed by atoms with van der Waals surface area (Å²) in [5.74, 6) is 0.856. The van der Waals surface area contributed by atoms with Crippen LogP contribution in [0.15, 0.2) is 47.8 Å². The highest BCUT2D eigenvalue weighted by atomic mass is 32.1. The van der Waals surface area contributed by atoms with Gasteiger partial charge in [0.1, 0.15) is 11.5 Å². The lowest BCUT2D eigenvalue weighted by atomic mass is 10.0. The minimum absolute atomic E-state index is 0.856. The van der Waals surface area contributed by atoms with E-state index in [9.17, 15) is 0 Å². The van der Waals surface area contributed by atoms with Crippen LogP contribution in [-0.2, 0) is 0 Å². The minimum Gasteiger partial charge on any atom is -0.340 e. The molecule has 0 saturated carbocycles. The highest BCUT2D eigenvalue weighted by Gasteiger charge is 2.18. The number of aromatic amines is 1. The Kier molecular flexibility index (Phi) is 3.66. The molecule has 0 radical (unpaired) electrons. The van der Waals surface area contributed by atoms with Crippen LogP contribution in [0.1, 0.15) is 11.5 Å². The minimum atomic E-state index is 0.856. The van der Waals surface area contributed by atoms with Crippen LogP contribution in [0, 0.1) is 13.8 Å². The maximum absolute atomic E-state index is 4.72. The Morgan fingerprint density at radius 2 is 1.71 bits per heavy atom. The topological polar surface area (TPSA) is 67.3 Å². The van der Waals surface area contributed by atoms with Crippen LogP contribution >= 0.6 is 11.5 Å². The number of nitrogens with one attached hydrogen (secondary N) is 1. The van der Waals surface area contributed by atoms with Gasteiger partial charge in [-0.3, -0.25) is 4.98 Å². The summed E-state index contributed by atoms with van der Waals surface area (Å²) in [6.45, 7) is 3.94. The lowest BCUT2D eigenvalue weighted by Gasteiger charge is -2.07. The lowest BCUT2D eigenvalue weighted by Crippen LogP contribution is -1.91. The van der Waals surface area contributed by atoms with Crippen molar-refractivity contribution in [2.24, 2.45) is 0 Å². The average molecular weight is 333 g/mol. The Morgan fingerprint density at radius 3 is 2.46 bits per heavy atom. The van der Waals surface area contributed by atoms with Gasteiger partial charge in [-0.15, -0.1) is 5.10 Å². The summed E-state index contributed by atoms with van der Waals surface area (Å²) in [6.07, 6.45) is 0. The van der Waals surface area contributed by atoms with Crippen molar-refractivity contribution >= 4 is 11.5 Å². The molecule has 4 rings (SSSR count). The summed E-state index contributed by atoms with van der Waals surface area (Å²) in [6, 6.07) is 14.1. The molecule has 3 aromatic heterocycles. The zero-order chi connectivity index (χ0) is 16.5. The van der Waals surface area contributed by atoms with Gasteiger partial charge in [0.05, 0.1) is 17.1 Å². The average Bonchev–Trinajstić information content (AvgIpc) is 3.24. The van der Waals surface area contributed by atoms with Crippen LogP contribution in [0.25, 0.3) is 33.9 Å². The monoisotopic (exact) mass is 333 g/mol. The molecule has 0 spiro atoms. The van der Waals surface area contributed by atoms with Crippen molar-refractivity contribution in [1.82, 2.24) is 24.5 Å². The molecule has 6 heteroatoms. The van der Waals surface area contributed by atoms with E-state index in [-0.39, 0.29) is 0 Å². The molecule has 4 aromatic rings. The summed E-state index contributed by atoms with van der Waals surface area (Å²) >= 11 is 1.34. The Hall–Kier alpha value is -2.86. The second kappa shape index (κ2) is 5.98. The van der Waals surface area contributed by atoms with Crippen LogP contribution in [-0.4, -0.2) is 24.5 Å².